The van der Waals surface area contributed by atoms with Gasteiger partial charge in [-0.15, -0.1) is 11.3 Å². The number of thiazole rings is 1. The molecule has 1 saturated carbocycles. The molecule has 0 atom stereocenters. The van der Waals surface area contributed by atoms with Crippen LogP contribution in [0.3, 0.4) is 0 Å². The lowest BCUT2D eigenvalue weighted by molar-refractivity contribution is 0.0599. The average molecular weight is 392 g/mol. The molecule has 138 valence electrons. The second kappa shape index (κ2) is 8.64. The van der Waals surface area contributed by atoms with Gasteiger partial charge in [-0.2, -0.15) is 0 Å². The summed E-state index contributed by atoms with van der Waals surface area (Å²) >= 11 is 3.55. The van der Waals surface area contributed by atoms with Crippen LogP contribution in [0.1, 0.15) is 52.2 Å². The Morgan fingerprint density at radius 3 is 2.62 bits per heavy atom. The zero-order valence-corrected chi connectivity index (χ0v) is 16.4. The van der Waals surface area contributed by atoms with E-state index in [1.807, 2.05) is 18.7 Å². The number of ether oxygens (including phenoxy) is 1. The zero-order chi connectivity index (χ0) is 18.5. The molecule has 6 nitrogen and oxygen atoms in total. The highest BCUT2D eigenvalue weighted by Gasteiger charge is 2.24. The number of carbonyl (C=O) groups is 2. The van der Waals surface area contributed by atoms with Crippen LogP contribution < -0.4 is 5.32 Å². The third-order valence-corrected chi connectivity index (χ3v) is 6.72. The van der Waals surface area contributed by atoms with Gasteiger partial charge in [0.05, 0.1) is 12.7 Å². The van der Waals surface area contributed by atoms with Gasteiger partial charge in [-0.25, -0.2) is 9.78 Å². The number of hydrogen-bond acceptors (Lipinski definition) is 7. The number of pyridine rings is 1. The maximum Gasteiger partial charge on any atom is 0.339 e. The normalized spacial score (nSPS) is 19.8. The molecule has 26 heavy (non-hydrogen) atoms. The van der Waals surface area contributed by atoms with E-state index in [2.05, 4.69) is 25.4 Å². The van der Waals surface area contributed by atoms with Crippen molar-refractivity contribution in [3.05, 3.63) is 40.7 Å². The lowest BCUT2D eigenvalue weighted by Gasteiger charge is -2.28. The van der Waals surface area contributed by atoms with Gasteiger partial charge < -0.3 is 10.1 Å². The van der Waals surface area contributed by atoms with E-state index in [0.717, 1.165) is 35.7 Å². The summed E-state index contributed by atoms with van der Waals surface area (Å²) in [5.41, 5.74) is 1.72. The van der Waals surface area contributed by atoms with Crippen molar-refractivity contribution in [1.82, 2.24) is 15.3 Å². The van der Waals surface area contributed by atoms with Crippen LogP contribution in [0.5, 0.6) is 0 Å². The van der Waals surface area contributed by atoms with Crippen LogP contribution in [0.4, 0.5) is 0 Å². The molecule has 1 aliphatic carbocycles. The quantitative estimate of drug-likeness (QED) is 0.786. The number of aromatic nitrogens is 2. The van der Waals surface area contributed by atoms with Crippen molar-refractivity contribution >= 4 is 35.0 Å². The Balaban J connectivity index is 1.47. The van der Waals surface area contributed by atoms with Crippen LogP contribution in [0.25, 0.3) is 0 Å². The summed E-state index contributed by atoms with van der Waals surface area (Å²) < 4.78 is 5.76. The number of carbonyl (C=O) groups excluding carboxylic acids is 2. The number of nitrogens with one attached hydrogen (secondary N) is 1. The molecule has 1 fully saturated rings. The second-order valence-corrected chi connectivity index (χ2v) is 8.65. The van der Waals surface area contributed by atoms with Gasteiger partial charge in [-0.3, -0.25) is 9.78 Å². The van der Waals surface area contributed by atoms with Gasteiger partial charge in [0.25, 0.3) is 5.91 Å². The van der Waals surface area contributed by atoms with Gasteiger partial charge in [0.2, 0.25) is 0 Å². The molecule has 1 aliphatic rings. The van der Waals surface area contributed by atoms with E-state index in [-0.39, 0.29) is 11.9 Å². The number of nitrogens with zero attached hydrogens (tertiary/aromatic N) is 2. The average Bonchev–Trinajstić information content (AvgIpc) is 3.07. The van der Waals surface area contributed by atoms with Crippen molar-refractivity contribution < 1.29 is 14.3 Å². The van der Waals surface area contributed by atoms with Crippen molar-refractivity contribution in [3.8, 4) is 0 Å². The minimum absolute atomic E-state index is 0.166. The van der Waals surface area contributed by atoms with Gasteiger partial charge in [-0.1, -0.05) is 11.8 Å². The standard InChI is InChI=1S/C18H21N3O3S2/c1-11-10-25-18(20-11)26-14-6-4-13(5-7-14)21-16(22)15-8-3-12(9-19-15)17(23)24-2/h3,8-10,13-14H,4-7H2,1-2H3,(H,21,22). The zero-order valence-electron chi connectivity index (χ0n) is 14.7. The lowest BCUT2D eigenvalue weighted by Crippen LogP contribution is -2.38. The molecule has 0 saturated heterocycles. The van der Waals surface area contributed by atoms with Gasteiger partial charge in [0.15, 0.2) is 0 Å². The van der Waals surface area contributed by atoms with E-state index < -0.39 is 5.97 Å². The Hall–Kier alpha value is -1.93. The largest absolute Gasteiger partial charge is 0.465 e. The monoisotopic (exact) mass is 391 g/mol. The lowest BCUT2D eigenvalue weighted by atomic mass is 9.95. The first-order valence-electron chi connectivity index (χ1n) is 8.49. The molecule has 2 aromatic rings. The Bertz CT molecular complexity index is 768. The highest BCUT2D eigenvalue weighted by Crippen LogP contribution is 2.35. The minimum Gasteiger partial charge on any atom is -0.465 e. The van der Waals surface area contributed by atoms with E-state index in [1.54, 1.807) is 23.5 Å². The maximum absolute atomic E-state index is 12.3. The molecule has 2 heterocycles. The van der Waals surface area contributed by atoms with E-state index in [1.165, 1.54) is 13.3 Å². The van der Waals surface area contributed by atoms with Gasteiger partial charge in [0, 0.05) is 28.6 Å². The van der Waals surface area contributed by atoms with Crippen molar-refractivity contribution in [1.29, 1.82) is 0 Å². The van der Waals surface area contributed by atoms with Gasteiger partial charge in [0.1, 0.15) is 10.0 Å². The third-order valence-electron chi connectivity index (χ3n) is 4.29. The number of hydrogen-bond donors (Lipinski definition) is 1. The van der Waals surface area contributed by atoms with Crippen molar-refractivity contribution in [3.63, 3.8) is 0 Å². The number of thioether (sulfide) groups is 1. The van der Waals surface area contributed by atoms with Crippen LogP contribution in [0.15, 0.2) is 28.0 Å². The number of methoxy groups -OCH3 is 1. The fourth-order valence-corrected chi connectivity index (χ4v) is 5.17. The summed E-state index contributed by atoms with van der Waals surface area (Å²) in [6.45, 7) is 2.01. The SMILES string of the molecule is COC(=O)c1ccc(C(=O)NC2CCC(Sc3nc(C)cs3)CC2)nc1. The fraction of sp³-hybridized carbons (Fsp3) is 0.444. The molecule has 0 aromatic carbocycles. The number of aryl methyl sites for hydroxylation is 1. The highest BCUT2D eigenvalue weighted by molar-refractivity contribution is 8.01. The second-order valence-electron chi connectivity index (χ2n) is 6.24. The molecule has 0 spiro atoms. The summed E-state index contributed by atoms with van der Waals surface area (Å²) in [5.74, 6) is -0.663. The summed E-state index contributed by atoms with van der Waals surface area (Å²) in [5, 5.41) is 5.68. The molecule has 1 N–H and O–H groups in total. The van der Waals surface area contributed by atoms with Crippen LogP contribution in [0.2, 0.25) is 0 Å². The third kappa shape index (κ3) is 4.82. The van der Waals surface area contributed by atoms with Crippen molar-refractivity contribution in [2.75, 3.05) is 7.11 Å². The summed E-state index contributed by atoms with van der Waals surface area (Å²) in [7, 11) is 1.31. The first-order valence-corrected chi connectivity index (χ1v) is 10.2. The fourth-order valence-electron chi connectivity index (χ4n) is 2.88. The van der Waals surface area contributed by atoms with E-state index >= 15 is 0 Å². The van der Waals surface area contributed by atoms with Crippen LogP contribution in [0, 0.1) is 6.92 Å². The van der Waals surface area contributed by atoms with Gasteiger partial charge in [-0.05, 0) is 44.7 Å². The van der Waals surface area contributed by atoms with E-state index in [0.29, 0.717) is 16.5 Å². The van der Waals surface area contributed by atoms with Gasteiger partial charge >= 0.3 is 5.97 Å². The summed E-state index contributed by atoms with van der Waals surface area (Å²) in [6.07, 6.45) is 5.39. The predicted molar refractivity (Wildman–Crippen MR) is 102 cm³/mol. The van der Waals surface area contributed by atoms with Crippen LogP contribution in [-0.4, -0.2) is 40.2 Å². The summed E-state index contributed by atoms with van der Waals surface area (Å²) in [6, 6.07) is 3.27. The first kappa shape index (κ1) is 18.8. The molecule has 0 aliphatic heterocycles. The maximum atomic E-state index is 12.3. The Kier molecular flexibility index (Phi) is 6.26. The summed E-state index contributed by atoms with van der Waals surface area (Å²) in [4.78, 5) is 32.3. The Morgan fingerprint density at radius 1 is 1.27 bits per heavy atom. The molecule has 1 amide bonds. The van der Waals surface area contributed by atoms with Crippen LogP contribution in [-0.2, 0) is 4.74 Å². The molecule has 2 aromatic heterocycles. The first-order chi connectivity index (χ1) is 12.5. The predicted octanol–water partition coefficient (Wildman–Crippen LogP) is 3.47. The Labute approximate surface area is 160 Å². The number of esters is 1. The van der Waals surface area contributed by atoms with E-state index in [4.69, 9.17) is 0 Å². The highest BCUT2D eigenvalue weighted by atomic mass is 32.2. The number of rotatable bonds is 5. The topological polar surface area (TPSA) is 81.2 Å². The van der Waals surface area contributed by atoms with Crippen molar-refractivity contribution in [2.24, 2.45) is 0 Å². The minimum atomic E-state index is -0.462. The smallest absolute Gasteiger partial charge is 0.339 e. The molecule has 3 rings (SSSR count). The Morgan fingerprint density at radius 2 is 2.04 bits per heavy atom. The molecule has 0 unspecified atom stereocenters. The van der Waals surface area contributed by atoms with E-state index in [9.17, 15) is 9.59 Å². The number of amides is 1. The van der Waals surface area contributed by atoms with Crippen molar-refractivity contribution in [2.45, 2.75) is 48.2 Å². The molecule has 0 radical (unpaired) electrons. The van der Waals surface area contributed by atoms with Crippen LogP contribution >= 0.6 is 23.1 Å². The molecular formula is C18H21N3O3S2. The molecular weight excluding hydrogens is 370 g/mol. The molecule has 8 heteroatoms. The molecule has 0 bridgehead atoms.